The molecule has 1 atom stereocenters. The molecule has 2 heterocycles. The van der Waals surface area contributed by atoms with Gasteiger partial charge in [-0.2, -0.15) is 0 Å². The van der Waals surface area contributed by atoms with Crippen molar-refractivity contribution < 1.29 is 14.3 Å². The standard InChI is InChI=1S/C17H24N2O3/c1-2-15(16(20)13-3-5-14(18)6-4-13)19-9-7-17(8-10-19)21-11-12-22-17/h3-6,15H,2,7-12,18H2,1H3. The van der Waals surface area contributed by atoms with Gasteiger partial charge in [0.25, 0.3) is 0 Å². The first kappa shape index (κ1) is 15.5. The smallest absolute Gasteiger partial charge is 0.179 e. The molecule has 0 bridgehead atoms. The minimum absolute atomic E-state index is 0.0811. The second-order valence-corrected chi connectivity index (χ2v) is 6.05. The van der Waals surface area contributed by atoms with Crippen LogP contribution in [0.25, 0.3) is 0 Å². The van der Waals surface area contributed by atoms with Crippen molar-refractivity contribution in [2.75, 3.05) is 32.0 Å². The first-order valence-electron chi connectivity index (χ1n) is 8.05. The average Bonchev–Trinajstić information content (AvgIpc) is 2.99. The van der Waals surface area contributed by atoms with Crippen LogP contribution in [0, 0.1) is 0 Å². The van der Waals surface area contributed by atoms with Gasteiger partial charge in [-0.1, -0.05) is 6.92 Å². The molecule has 0 radical (unpaired) electrons. The number of ketones is 1. The summed E-state index contributed by atoms with van der Waals surface area (Å²) in [6, 6.07) is 7.11. The Kier molecular flexibility index (Phi) is 4.47. The Labute approximate surface area is 131 Å². The molecule has 0 saturated carbocycles. The van der Waals surface area contributed by atoms with E-state index in [2.05, 4.69) is 11.8 Å². The van der Waals surface area contributed by atoms with Gasteiger partial charge in [-0.25, -0.2) is 0 Å². The predicted molar refractivity (Wildman–Crippen MR) is 84.7 cm³/mol. The zero-order valence-electron chi connectivity index (χ0n) is 13.1. The Balaban J connectivity index is 1.66. The SMILES string of the molecule is CCC(C(=O)c1ccc(N)cc1)N1CCC2(CC1)OCCO2. The van der Waals surface area contributed by atoms with Gasteiger partial charge in [0.15, 0.2) is 11.6 Å². The highest BCUT2D eigenvalue weighted by atomic mass is 16.7. The van der Waals surface area contributed by atoms with Crippen LogP contribution in [0.15, 0.2) is 24.3 Å². The first-order chi connectivity index (χ1) is 10.6. The van der Waals surface area contributed by atoms with Crippen molar-refractivity contribution in [3.05, 3.63) is 29.8 Å². The van der Waals surface area contributed by atoms with Crippen LogP contribution < -0.4 is 5.73 Å². The van der Waals surface area contributed by atoms with Gasteiger partial charge in [0.1, 0.15) is 0 Å². The van der Waals surface area contributed by atoms with Gasteiger partial charge in [-0.3, -0.25) is 9.69 Å². The number of benzene rings is 1. The number of carbonyl (C=O) groups is 1. The van der Waals surface area contributed by atoms with E-state index in [1.54, 1.807) is 12.1 Å². The first-order valence-corrected chi connectivity index (χ1v) is 8.05. The van der Waals surface area contributed by atoms with Gasteiger partial charge in [0.2, 0.25) is 0 Å². The number of rotatable bonds is 4. The predicted octanol–water partition coefficient (Wildman–Crippen LogP) is 2.07. The molecule has 2 aliphatic heterocycles. The molecule has 0 aromatic heterocycles. The summed E-state index contributed by atoms with van der Waals surface area (Å²) < 4.78 is 11.5. The van der Waals surface area contributed by atoms with Crippen molar-refractivity contribution in [3.63, 3.8) is 0 Å². The van der Waals surface area contributed by atoms with Crippen molar-refractivity contribution in [1.82, 2.24) is 4.90 Å². The average molecular weight is 304 g/mol. The molecule has 2 fully saturated rings. The topological polar surface area (TPSA) is 64.8 Å². The van der Waals surface area contributed by atoms with E-state index >= 15 is 0 Å². The maximum atomic E-state index is 12.8. The van der Waals surface area contributed by atoms with Crippen molar-refractivity contribution in [2.24, 2.45) is 0 Å². The maximum Gasteiger partial charge on any atom is 0.179 e. The van der Waals surface area contributed by atoms with Gasteiger partial charge >= 0.3 is 0 Å². The largest absolute Gasteiger partial charge is 0.399 e. The van der Waals surface area contributed by atoms with E-state index in [0.717, 1.165) is 37.9 Å². The van der Waals surface area contributed by atoms with Crippen molar-refractivity contribution >= 4 is 11.5 Å². The summed E-state index contributed by atoms with van der Waals surface area (Å²) in [5.74, 6) is -0.217. The molecule has 2 saturated heterocycles. The number of likely N-dealkylation sites (tertiary alicyclic amines) is 1. The zero-order chi connectivity index (χ0) is 15.6. The molecule has 120 valence electrons. The van der Waals surface area contributed by atoms with Crippen LogP contribution >= 0.6 is 0 Å². The van der Waals surface area contributed by atoms with Crippen LogP contribution in [-0.4, -0.2) is 48.8 Å². The van der Waals surface area contributed by atoms with Crippen LogP contribution in [0.3, 0.4) is 0 Å². The van der Waals surface area contributed by atoms with E-state index < -0.39 is 0 Å². The van der Waals surface area contributed by atoms with Crippen LogP contribution in [0.4, 0.5) is 5.69 Å². The van der Waals surface area contributed by atoms with E-state index in [1.807, 2.05) is 12.1 Å². The summed E-state index contributed by atoms with van der Waals surface area (Å²) in [5, 5.41) is 0. The third kappa shape index (κ3) is 3.02. The highest BCUT2D eigenvalue weighted by Gasteiger charge is 2.41. The molecule has 2 aliphatic rings. The monoisotopic (exact) mass is 304 g/mol. The number of hydrogen-bond acceptors (Lipinski definition) is 5. The summed E-state index contributed by atoms with van der Waals surface area (Å²) >= 11 is 0. The molecule has 5 heteroatoms. The Morgan fingerprint density at radius 3 is 2.36 bits per heavy atom. The summed E-state index contributed by atoms with van der Waals surface area (Å²) in [6.07, 6.45) is 2.47. The number of anilines is 1. The number of nitrogens with zero attached hydrogens (tertiary/aromatic N) is 1. The number of hydrogen-bond donors (Lipinski definition) is 1. The number of ether oxygens (including phenoxy) is 2. The zero-order valence-corrected chi connectivity index (χ0v) is 13.1. The van der Waals surface area contributed by atoms with Gasteiger partial charge < -0.3 is 15.2 Å². The van der Waals surface area contributed by atoms with E-state index in [4.69, 9.17) is 15.2 Å². The fourth-order valence-corrected chi connectivity index (χ4v) is 3.41. The second-order valence-electron chi connectivity index (χ2n) is 6.05. The Hall–Kier alpha value is -1.43. The lowest BCUT2D eigenvalue weighted by molar-refractivity contribution is -0.186. The third-order valence-corrected chi connectivity index (χ3v) is 4.70. The molecule has 3 rings (SSSR count). The summed E-state index contributed by atoms with van der Waals surface area (Å²) in [5.41, 5.74) is 7.11. The molecule has 1 aromatic carbocycles. The molecule has 22 heavy (non-hydrogen) atoms. The van der Waals surface area contributed by atoms with Crippen molar-refractivity contribution in [2.45, 2.75) is 38.0 Å². The molecular formula is C17H24N2O3. The third-order valence-electron chi connectivity index (χ3n) is 4.70. The minimum Gasteiger partial charge on any atom is -0.399 e. The van der Waals surface area contributed by atoms with E-state index in [9.17, 15) is 4.79 Å². The van der Waals surface area contributed by atoms with E-state index in [0.29, 0.717) is 18.9 Å². The van der Waals surface area contributed by atoms with E-state index in [1.165, 1.54) is 0 Å². The van der Waals surface area contributed by atoms with Crippen LogP contribution in [0.2, 0.25) is 0 Å². The summed E-state index contributed by atoms with van der Waals surface area (Å²) in [6.45, 7) is 5.09. The normalized spacial score (nSPS) is 22.8. The molecular weight excluding hydrogens is 280 g/mol. The molecule has 1 aromatic rings. The minimum atomic E-state index is -0.390. The maximum absolute atomic E-state index is 12.8. The van der Waals surface area contributed by atoms with Crippen LogP contribution in [-0.2, 0) is 9.47 Å². The lowest BCUT2D eigenvalue weighted by Gasteiger charge is -2.40. The number of piperidine rings is 1. The number of nitrogens with two attached hydrogens (primary N) is 1. The Morgan fingerprint density at radius 1 is 1.23 bits per heavy atom. The molecule has 0 amide bonds. The van der Waals surface area contributed by atoms with Gasteiger partial charge in [-0.05, 0) is 30.7 Å². The quantitative estimate of drug-likeness (QED) is 0.681. The van der Waals surface area contributed by atoms with E-state index in [-0.39, 0.29) is 17.6 Å². The lowest BCUT2D eigenvalue weighted by Crippen LogP contribution is -2.51. The molecule has 2 N–H and O–H groups in total. The molecule has 5 nitrogen and oxygen atoms in total. The molecule has 1 spiro atoms. The fraction of sp³-hybridized carbons (Fsp3) is 0.588. The number of carbonyl (C=O) groups excluding carboxylic acids is 1. The van der Waals surface area contributed by atoms with Gasteiger partial charge in [-0.15, -0.1) is 0 Å². The van der Waals surface area contributed by atoms with Gasteiger partial charge in [0, 0.05) is 37.2 Å². The second kappa shape index (κ2) is 6.36. The van der Waals surface area contributed by atoms with Crippen LogP contribution in [0.5, 0.6) is 0 Å². The lowest BCUT2D eigenvalue weighted by atomic mass is 9.96. The number of Topliss-reactive ketones (excluding diaryl/α,β-unsaturated/α-hetero) is 1. The molecule has 0 aliphatic carbocycles. The fourth-order valence-electron chi connectivity index (χ4n) is 3.41. The Morgan fingerprint density at radius 2 is 1.82 bits per heavy atom. The summed E-state index contributed by atoms with van der Waals surface area (Å²) in [7, 11) is 0. The summed E-state index contributed by atoms with van der Waals surface area (Å²) in [4.78, 5) is 15.0. The highest BCUT2D eigenvalue weighted by molar-refractivity contribution is 6.00. The molecule has 1 unspecified atom stereocenters. The van der Waals surface area contributed by atoms with Crippen LogP contribution in [0.1, 0.15) is 36.5 Å². The highest BCUT2D eigenvalue weighted by Crippen LogP contribution is 2.32. The van der Waals surface area contributed by atoms with Crippen molar-refractivity contribution in [3.8, 4) is 0 Å². The van der Waals surface area contributed by atoms with Gasteiger partial charge in [0.05, 0.1) is 19.3 Å². The number of nitrogen functional groups attached to an aromatic ring is 1. The Bertz CT molecular complexity index is 513. The van der Waals surface area contributed by atoms with Crippen molar-refractivity contribution in [1.29, 1.82) is 0 Å².